The third-order valence-corrected chi connectivity index (χ3v) is 5.62. The SMILES string of the molecule is Cc1csc(-c2c(-c3ccc(S(N)(=O)=O)cc3)nc(C(F)(F)F)[nH]c2=O)c1. The molecule has 0 fully saturated rings. The molecule has 2 heterocycles. The molecule has 6 nitrogen and oxygen atoms in total. The monoisotopic (exact) mass is 415 g/mol. The highest BCUT2D eigenvalue weighted by molar-refractivity contribution is 7.89. The summed E-state index contributed by atoms with van der Waals surface area (Å²) in [5.41, 5.74) is -0.173. The summed E-state index contributed by atoms with van der Waals surface area (Å²) >= 11 is 1.19. The van der Waals surface area contributed by atoms with E-state index >= 15 is 0 Å². The molecule has 0 spiro atoms. The lowest BCUT2D eigenvalue weighted by Crippen LogP contribution is -2.21. The average molecular weight is 415 g/mol. The number of primary sulfonamides is 1. The maximum Gasteiger partial charge on any atom is 0.449 e. The van der Waals surface area contributed by atoms with Crippen molar-refractivity contribution in [2.45, 2.75) is 18.0 Å². The van der Waals surface area contributed by atoms with Crippen LogP contribution < -0.4 is 10.7 Å². The summed E-state index contributed by atoms with van der Waals surface area (Å²) in [4.78, 5) is 18.0. The van der Waals surface area contributed by atoms with Crippen molar-refractivity contribution in [3.05, 3.63) is 57.5 Å². The molecule has 0 aliphatic rings. The van der Waals surface area contributed by atoms with E-state index in [9.17, 15) is 26.4 Å². The van der Waals surface area contributed by atoms with Crippen LogP contribution in [0.1, 0.15) is 11.4 Å². The molecule has 0 amide bonds. The lowest BCUT2D eigenvalue weighted by molar-refractivity contribution is -0.145. The van der Waals surface area contributed by atoms with Crippen molar-refractivity contribution in [1.29, 1.82) is 0 Å². The molecule has 27 heavy (non-hydrogen) atoms. The van der Waals surface area contributed by atoms with E-state index in [1.807, 2.05) is 0 Å². The van der Waals surface area contributed by atoms with Gasteiger partial charge in [0.1, 0.15) is 0 Å². The third kappa shape index (κ3) is 3.94. The van der Waals surface area contributed by atoms with Gasteiger partial charge in [-0.25, -0.2) is 18.5 Å². The van der Waals surface area contributed by atoms with Crippen LogP contribution in [-0.4, -0.2) is 18.4 Å². The van der Waals surface area contributed by atoms with Crippen LogP contribution in [0.5, 0.6) is 0 Å². The maximum absolute atomic E-state index is 13.1. The Balaban J connectivity index is 2.28. The van der Waals surface area contributed by atoms with Crippen LogP contribution in [0.2, 0.25) is 0 Å². The van der Waals surface area contributed by atoms with Crippen LogP contribution in [0.15, 0.2) is 45.4 Å². The number of nitrogens with zero attached hydrogens (tertiary/aromatic N) is 1. The van der Waals surface area contributed by atoms with Gasteiger partial charge in [0, 0.05) is 10.4 Å². The summed E-state index contributed by atoms with van der Waals surface area (Å²) in [7, 11) is -3.97. The number of nitrogens with one attached hydrogen (secondary N) is 1. The zero-order chi connectivity index (χ0) is 20.0. The van der Waals surface area contributed by atoms with Gasteiger partial charge in [0.15, 0.2) is 0 Å². The van der Waals surface area contributed by atoms with Crippen LogP contribution >= 0.6 is 11.3 Å². The second kappa shape index (κ2) is 6.59. The number of benzene rings is 1. The van der Waals surface area contributed by atoms with Crippen molar-refractivity contribution >= 4 is 21.4 Å². The first kappa shape index (κ1) is 19.3. The molecule has 2 aromatic heterocycles. The van der Waals surface area contributed by atoms with E-state index in [0.717, 1.165) is 17.7 Å². The first-order chi connectivity index (χ1) is 12.5. The number of aromatic nitrogens is 2. The molecular weight excluding hydrogens is 403 g/mol. The quantitative estimate of drug-likeness (QED) is 0.685. The fraction of sp³-hybridized carbons (Fsp3) is 0.125. The molecule has 0 unspecified atom stereocenters. The number of sulfonamides is 1. The lowest BCUT2D eigenvalue weighted by atomic mass is 10.1. The minimum Gasteiger partial charge on any atom is -0.302 e. The smallest absolute Gasteiger partial charge is 0.302 e. The normalized spacial score (nSPS) is 12.3. The van der Waals surface area contributed by atoms with Crippen LogP contribution in [0, 0.1) is 6.92 Å². The number of halogens is 3. The molecule has 3 N–H and O–H groups in total. The number of alkyl halides is 3. The van der Waals surface area contributed by atoms with Crippen molar-refractivity contribution in [2.24, 2.45) is 5.14 Å². The molecule has 0 radical (unpaired) electrons. The van der Waals surface area contributed by atoms with Crippen molar-refractivity contribution in [1.82, 2.24) is 9.97 Å². The van der Waals surface area contributed by atoms with Gasteiger partial charge in [-0.15, -0.1) is 11.3 Å². The predicted molar refractivity (Wildman–Crippen MR) is 94.7 cm³/mol. The summed E-state index contributed by atoms with van der Waals surface area (Å²) in [5, 5.41) is 6.78. The molecule has 3 aromatic rings. The van der Waals surface area contributed by atoms with Gasteiger partial charge in [-0.2, -0.15) is 13.2 Å². The van der Waals surface area contributed by atoms with E-state index in [0.29, 0.717) is 4.88 Å². The fourth-order valence-electron chi connectivity index (χ4n) is 2.41. The molecular formula is C16H12F3N3O3S2. The zero-order valence-corrected chi connectivity index (χ0v) is 15.3. The molecule has 0 aliphatic carbocycles. The Morgan fingerprint density at radius 3 is 2.30 bits per heavy atom. The van der Waals surface area contributed by atoms with Gasteiger partial charge in [0.05, 0.1) is 16.2 Å². The summed E-state index contributed by atoms with van der Waals surface area (Å²) < 4.78 is 62.0. The van der Waals surface area contributed by atoms with Crippen molar-refractivity contribution in [3.63, 3.8) is 0 Å². The molecule has 1 aromatic carbocycles. The lowest BCUT2D eigenvalue weighted by Gasteiger charge is -2.12. The third-order valence-electron chi connectivity index (χ3n) is 3.62. The van der Waals surface area contributed by atoms with Crippen molar-refractivity contribution in [2.75, 3.05) is 0 Å². The van der Waals surface area contributed by atoms with E-state index in [2.05, 4.69) is 4.98 Å². The molecule has 142 valence electrons. The minimum atomic E-state index is -4.85. The van der Waals surface area contributed by atoms with E-state index in [1.165, 1.54) is 23.5 Å². The number of hydrogen-bond acceptors (Lipinski definition) is 5. The average Bonchev–Trinajstić information content (AvgIpc) is 2.98. The standard InChI is InChI=1S/C16H12F3N3O3S2/c1-8-6-11(26-7-8)12-13(21-15(16(17,18)19)22-14(12)23)9-2-4-10(5-3-9)27(20,24)25/h2-7H,1H3,(H2,20,24,25)(H,21,22,23). The van der Waals surface area contributed by atoms with Gasteiger partial charge >= 0.3 is 6.18 Å². The first-order valence-electron chi connectivity index (χ1n) is 7.37. The van der Waals surface area contributed by atoms with Gasteiger partial charge in [-0.3, -0.25) is 4.79 Å². The summed E-state index contributed by atoms with van der Waals surface area (Å²) in [6.07, 6.45) is -4.85. The Bertz CT molecular complexity index is 1160. The highest BCUT2D eigenvalue weighted by atomic mass is 32.2. The number of H-pyrrole nitrogens is 1. The number of thiophene rings is 1. The second-order valence-electron chi connectivity index (χ2n) is 5.69. The van der Waals surface area contributed by atoms with Gasteiger partial charge in [-0.05, 0) is 36.1 Å². The molecule has 0 aliphatic heterocycles. The molecule has 0 bridgehead atoms. The summed E-state index contributed by atoms with van der Waals surface area (Å²) in [6.45, 7) is 1.78. The number of nitrogens with two attached hydrogens (primary N) is 1. The summed E-state index contributed by atoms with van der Waals surface area (Å²) in [5.74, 6) is -1.44. The van der Waals surface area contributed by atoms with Crippen LogP contribution in [-0.2, 0) is 16.2 Å². The molecule has 11 heteroatoms. The predicted octanol–water partition coefficient (Wildman–Crippen LogP) is 3.14. The Hall–Kier alpha value is -2.50. The van der Waals surface area contributed by atoms with Crippen molar-refractivity contribution < 1.29 is 21.6 Å². The molecule has 3 rings (SSSR count). The maximum atomic E-state index is 13.1. The largest absolute Gasteiger partial charge is 0.449 e. The van der Waals surface area contributed by atoms with Crippen LogP contribution in [0.4, 0.5) is 13.2 Å². The number of rotatable bonds is 3. The number of hydrogen-bond donors (Lipinski definition) is 2. The zero-order valence-electron chi connectivity index (χ0n) is 13.7. The fourth-order valence-corrected chi connectivity index (χ4v) is 3.87. The summed E-state index contributed by atoms with van der Waals surface area (Å²) in [6, 6.07) is 6.46. The van der Waals surface area contributed by atoms with Crippen LogP contribution in [0.3, 0.4) is 0 Å². The van der Waals surface area contributed by atoms with E-state index < -0.39 is 27.6 Å². The van der Waals surface area contributed by atoms with E-state index in [4.69, 9.17) is 5.14 Å². The van der Waals surface area contributed by atoms with Gasteiger partial charge in [-0.1, -0.05) is 12.1 Å². The molecule has 0 atom stereocenters. The Labute approximate surface area is 155 Å². The van der Waals surface area contributed by atoms with E-state index in [-0.39, 0.29) is 21.7 Å². The highest BCUT2D eigenvalue weighted by Gasteiger charge is 2.35. The Morgan fingerprint density at radius 2 is 1.81 bits per heavy atom. The van der Waals surface area contributed by atoms with Gasteiger partial charge in [0.25, 0.3) is 5.56 Å². The first-order valence-corrected chi connectivity index (χ1v) is 9.79. The topological polar surface area (TPSA) is 106 Å². The van der Waals surface area contributed by atoms with Gasteiger partial charge < -0.3 is 4.98 Å². The molecule has 0 saturated heterocycles. The van der Waals surface area contributed by atoms with Crippen LogP contribution in [0.25, 0.3) is 21.7 Å². The highest BCUT2D eigenvalue weighted by Crippen LogP contribution is 2.34. The molecule has 0 saturated carbocycles. The second-order valence-corrected chi connectivity index (χ2v) is 8.17. The Morgan fingerprint density at radius 1 is 1.19 bits per heavy atom. The number of aryl methyl sites for hydroxylation is 1. The Kier molecular flexibility index (Phi) is 4.70. The number of aromatic amines is 1. The van der Waals surface area contributed by atoms with E-state index in [1.54, 1.807) is 23.4 Å². The minimum absolute atomic E-state index is 0.0237. The van der Waals surface area contributed by atoms with Crippen molar-refractivity contribution in [3.8, 4) is 21.7 Å². The van der Waals surface area contributed by atoms with Gasteiger partial charge in [0.2, 0.25) is 15.8 Å².